The average molecular weight is 391 g/mol. The molecular formula is C14H19ClN4O3S2. The number of hydrogen-bond donors (Lipinski definition) is 1. The number of amides is 1. The smallest absolute Gasteiger partial charge is 0.230 e. The van der Waals surface area contributed by atoms with Gasteiger partial charge in [-0.1, -0.05) is 11.8 Å². The summed E-state index contributed by atoms with van der Waals surface area (Å²) in [7, 11) is -3.15. The molecule has 2 aliphatic carbocycles. The summed E-state index contributed by atoms with van der Waals surface area (Å²) in [4.78, 5) is 12.1. The second kappa shape index (κ2) is 6.17. The van der Waals surface area contributed by atoms with Crippen molar-refractivity contribution in [1.82, 2.24) is 20.1 Å². The highest BCUT2D eigenvalue weighted by Crippen LogP contribution is 2.45. The summed E-state index contributed by atoms with van der Waals surface area (Å²) in [6, 6.07) is -0.0264. The van der Waals surface area contributed by atoms with Crippen molar-refractivity contribution in [3.8, 4) is 0 Å². The Morgan fingerprint density at radius 1 is 1.25 bits per heavy atom. The number of carbonyl (C=O) groups is 1. The zero-order chi connectivity index (χ0) is 16.9. The third kappa shape index (κ3) is 3.57. The van der Waals surface area contributed by atoms with E-state index in [1.165, 1.54) is 24.6 Å². The van der Waals surface area contributed by atoms with Crippen molar-refractivity contribution in [3.63, 3.8) is 0 Å². The summed E-state index contributed by atoms with van der Waals surface area (Å²) in [5.74, 6) is 1.40. The normalized spacial score (nSPS) is 28.9. The summed E-state index contributed by atoms with van der Waals surface area (Å²) in [5.41, 5.74) is 0. The molecule has 2 saturated carbocycles. The van der Waals surface area contributed by atoms with Crippen LogP contribution in [0.4, 0.5) is 0 Å². The molecule has 132 valence electrons. The first-order valence-corrected chi connectivity index (χ1v) is 11.4. The molecule has 1 amide bonds. The molecule has 1 aliphatic heterocycles. The Morgan fingerprint density at radius 2 is 2.00 bits per heavy atom. The monoisotopic (exact) mass is 390 g/mol. The number of halogens is 1. The summed E-state index contributed by atoms with van der Waals surface area (Å²) in [6.07, 6.45) is 4.63. The topological polar surface area (TPSA) is 93.9 Å². The van der Waals surface area contributed by atoms with Crippen LogP contribution in [0.3, 0.4) is 0 Å². The molecule has 24 heavy (non-hydrogen) atoms. The highest BCUT2D eigenvalue weighted by atomic mass is 35.5. The lowest BCUT2D eigenvalue weighted by Gasteiger charge is -2.14. The highest BCUT2D eigenvalue weighted by molar-refractivity contribution is 7.99. The number of rotatable bonds is 6. The maximum Gasteiger partial charge on any atom is 0.230 e. The molecule has 7 nitrogen and oxygen atoms in total. The molecule has 10 heteroatoms. The predicted molar refractivity (Wildman–Crippen MR) is 91.2 cm³/mol. The summed E-state index contributed by atoms with van der Waals surface area (Å²) >= 11 is 7.38. The quantitative estimate of drug-likeness (QED) is 0.577. The molecule has 3 fully saturated rings. The van der Waals surface area contributed by atoms with Gasteiger partial charge >= 0.3 is 0 Å². The Hall–Kier alpha value is -0.800. The second-order valence-electron chi connectivity index (χ2n) is 6.77. The van der Waals surface area contributed by atoms with Gasteiger partial charge in [0.05, 0.1) is 28.7 Å². The standard InChI is InChI=1S/C14H19ClN4O3S2/c15-10-6-24(21,22)7-11(10)16-12(20)5-23-14-18-17-13(8-1-2-8)19(14)9-3-4-9/h8-11H,1-7H2,(H,16,20)/t10-,11+/m0/s1. The number of nitrogens with zero attached hydrogens (tertiary/aromatic N) is 3. The van der Waals surface area contributed by atoms with Crippen molar-refractivity contribution in [2.24, 2.45) is 0 Å². The summed E-state index contributed by atoms with van der Waals surface area (Å²) < 4.78 is 25.3. The van der Waals surface area contributed by atoms with Gasteiger partial charge in [-0.2, -0.15) is 0 Å². The second-order valence-corrected chi connectivity index (χ2v) is 10.4. The van der Waals surface area contributed by atoms with Crippen LogP contribution in [-0.4, -0.2) is 57.8 Å². The van der Waals surface area contributed by atoms with Crippen molar-refractivity contribution >= 4 is 39.1 Å². The maximum absolute atomic E-state index is 12.1. The number of alkyl halides is 1. The largest absolute Gasteiger partial charge is 0.350 e. The maximum atomic E-state index is 12.1. The fourth-order valence-electron chi connectivity index (χ4n) is 3.00. The van der Waals surface area contributed by atoms with Crippen molar-refractivity contribution < 1.29 is 13.2 Å². The van der Waals surface area contributed by atoms with E-state index >= 15 is 0 Å². The van der Waals surface area contributed by atoms with Gasteiger partial charge in [0.25, 0.3) is 0 Å². The average Bonchev–Trinajstić information content (AvgIpc) is 3.42. The van der Waals surface area contributed by atoms with Crippen LogP contribution in [-0.2, 0) is 14.6 Å². The molecule has 0 radical (unpaired) electrons. The molecule has 1 N–H and O–H groups in total. The molecule has 0 bridgehead atoms. The van der Waals surface area contributed by atoms with Gasteiger partial charge in [-0.15, -0.1) is 21.8 Å². The van der Waals surface area contributed by atoms with E-state index in [1.807, 2.05) is 0 Å². The minimum atomic E-state index is -3.15. The van der Waals surface area contributed by atoms with Crippen LogP contribution in [0.25, 0.3) is 0 Å². The first-order chi connectivity index (χ1) is 11.4. The molecule has 0 spiro atoms. The van der Waals surface area contributed by atoms with E-state index in [9.17, 15) is 13.2 Å². The number of sulfone groups is 1. The summed E-state index contributed by atoms with van der Waals surface area (Å²) in [5, 5.41) is 11.5. The van der Waals surface area contributed by atoms with E-state index in [0.717, 1.165) is 23.8 Å². The Kier molecular flexibility index (Phi) is 4.29. The first kappa shape index (κ1) is 16.7. The number of thioether (sulfide) groups is 1. The van der Waals surface area contributed by atoms with Gasteiger partial charge in [0, 0.05) is 12.0 Å². The number of aromatic nitrogens is 3. The molecule has 2 atom stereocenters. The molecule has 3 aliphatic rings. The summed E-state index contributed by atoms with van der Waals surface area (Å²) in [6.45, 7) is 0. The molecular weight excluding hydrogens is 372 g/mol. The van der Waals surface area contributed by atoms with Gasteiger partial charge in [-0.3, -0.25) is 4.79 Å². The Morgan fingerprint density at radius 3 is 2.58 bits per heavy atom. The van der Waals surface area contributed by atoms with E-state index < -0.39 is 21.3 Å². The lowest BCUT2D eigenvalue weighted by atomic mass is 10.2. The van der Waals surface area contributed by atoms with E-state index in [2.05, 4.69) is 20.1 Å². The van der Waals surface area contributed by atoms with Gasteiger partial charge in [-0.05, 0) is 25.7 Å². The Labute approximate surface area is 149 Å². The van der Waals surface area contributed by atoms with Gasteiger partial charge < -0.3 is 9.88 Å². The van der Waals surface area contributed by atoms with Gasteiger partial charge in [0.2, 0.25) is 5.91 Å². The highest BCUT2D eigenvalue weighted by Gasteiger charge is 2.38. The minimum absolute atomic E-state index is 0.0760. The predicted octanol–water partition coefficient (Wildman–Crippen LogP) is 1.10. The van der Waals surface area contributed by atoms with Crippen molar-refractivity contribution in [2.45, 2.75) is 54.2 Å². The van der Waals surface area contributed by atoms with Gasteiger partial charge in [0.15, 0.2) is 15.0 Å². The number of nitrogens with one attached hydrogen (secondary N) is 1. The first-order valence-electron chi connectivity index (χ1n) is 8.14. The van der Waals surface area contributed by atoms with E-state index in [0.29, 0.717) is 12.0 Å². The minimum Gasteiger partial charge on any atom is -0.350 e. The van der Waals surface area contributed by atoms with Gasteiger partial charge in [-0.25, -0.2) is 8.42 Å². The van der Waals surface area contributed by atoms with Crippen LogP contribution in [0.2, 0.25) is 0 Å². The molecule has 0 unspecified atom stereocenters. The molecule has 2 heterocycles. The van der Waals surface area contributed by atoms with Crippen molar-refractivity contribution in [1.29, 1.82) is 0 Å². The van der Waals surface area contributed by atoms with Crippen molar-refractivity contribution in [3.05, 3.63) is 5.82 Å². The Bertz CT molecular complexity index is 758. The zero-order valence-electron chi connectivity index (χ0n) is 13.0. The fourth-order valence-corrected chi connectivity index (χ4v) is 6.37. The van der Waals surface area contributed by atoms with Crippen molar-refractivity contribution in [2.75, 3.05) is 17.3 Å². The lowest BCUT2D eigenvalue weighted by molar-refractivity contribution is -0.119. The van der Waals surface area contributed by atoms with Crippen LogP contribution in [0.1, 0.15) is 43.5 Å². The van der Waals surface area contributed by atoms with Crippen LogP contribution >= 0.6 is 23.4 Å². The third-order valence-corrected chi connectivity index (χ3v) is 7.83. The van der Waals surface area contributed by atoms with Crippen LogP contribution < -0.4 is 5.32 Å². The molecule has 1 aromatic heterocycles. The van der Waals surface area contributed by atoms with E-state index in [-0.39, 0.29) is 23.2 Å². The molecule has 1 aromatic rings. The number of carbonyl (C=O) groups excluding carboxylic acids is 1. The molecule has 4 rings (SSSR count). The number of hydrogen-bond acceptors (Lipinski definition) is 6. The van der Waals surface area contributed by atoms with E-state index in [4.69, 9.17) is 11.6 Å². The van der Waals surface area contributed by atoms with Crippen LogP contribution in [0.5, 0.6) is 0 Å². The zero-order valence-corrected chi connectivity index (χ0v) is 15.4. The van der Waals surface area contributed by atoms with Crippen LogP contribution in [0.15, 0.2) is 5.16 Å². The molecule has 1 saturated heterocycles. The SMILES string of the molecule is O=C(CSc1nnc(C2CC2)n1C1CC1)N[C@@H]1CS(=O)(=O)C[C@@H]1Cl. The van der Waals surface area contributed by atoms with E-state index in [1.54, 1.807) is 0 Å². The van der Waals surface area contributed by atoms with Gasteiger partial charge in [0.1, 0.15) is 5.82 Å². The molecule has 0 aromatic carbocycles. The Balaban J connectivity index is 1.36. The lowest BCUT2D eigenvalue weighted by Crippen LogP contribution is -2.41. The third-order valence-electron chi connectivity index (χ3n) is 4.51. The fraction of sp³-hybridized carbons (Fsp3) is 0.786. The van der Waals surface area contributed by atoms with Crippen LogP contribution in [0, 0.1) is 0 Å².